The zero-order chi connectivity index (χ0) is 21.2. The molecule has 1 heterocycles. The fourth-order valence-corrected chi connectivity index (χ4v) is 3.32. The Labute approximate surface area is 169 Å². The number of piperazine rings is 1. The minimum atomic E-state index is -4.66. The molecule has 0 atom stereocenters. The summed E-state index contributed by atoms with van der Waals surface area (Å²) < 4.78 is 38.6. The van der Waals surface area contributed by atoms with Crippen LogP contribution in [-0.2, 0) is 17.4 Å². The Balaban J connectivity index is 1.68. The lowest BCUT2D eigenvalue weighted by atomic mass is 10.1. The van der Waals surface area contributed by atoms with Crippen LogP contribution in [0.3, 0.4) is 0 Å². The van der Waals surface area contributed by atoms with E-state index in [2.05, 4.69) is 0 Å². The summed E-state index contributed by atoms with van der Waals surface area (Å²) in [6.45, 7) is 1.23. The summed E-state index contributed by atoms with van der Waals surface area (Å²) in [6.07, 6.45) is -4.45. The van der Waals surface area contributed by atoms with E-state index in [1.807, 2.05) is 0 Å². The third kappa shape index (κ3) is 4.97. The fourth-order valence-electron chi connectivity index (χ4n) is 3.20. The highest BCUT2D eigenvalue weighted by Crippen LogP contribution is 2.36. The van der Waals surface area contributed by atoms with E-state index in [-0.39, 0.29) is 18.0 Å². The molecule has 10 heteroatoms. The van der Waals surface area contributed by atoms with Crippen LogP contribution in [0.15, 0.2) is 42.5 Å². The first-order valence-electron chi connectivity index (χ1n) is 8.78. The maximum atomic E-state index is 12.9. The van der Waals surface area contributed by atoms with Crippen molar-refractivity contribution in [2.75, 3.05) is 31.1 Å². The second-order valence-corrected chi connectivity index (χ2v) is 7.07. The normalized spacial score (nSPS) is 14.8. The topological polar surface area (TPSA) is 66.7 Å². The second kappa shape index (κ2) is 8.28. The number of hydrogen-bond acceptors (Lipinski definition) is 4. The number of halogens is 4. The highest BCUT2D eigenvalue weighted by Gasteiger charge is 2.34. The van der Waals surface area contributed by atoms with Crippen molar-refractivity contribution >= 4 is 28.9 Å². The number of nitrogens with zero attached hydrogens (tertiary/aromatic N) is 3. The number of benzene rings is 2. The molecule has 2 aromatic carbocycles. The van der Waals surface area contributed by atoms with Crippen LogP contribution in [0.4, 0.5) is 24.5 Å². The van der Waals surface area contributed by atoms with Crippen molar-refractivity contribution in [3.05, 3.63) is 68.7 Å². The Morgan fingerprint density at radius 2 is 1.69 bits per heavy atom. The van der Waals surface area contributed by atoms with E-state index in [4.69, 9.17) is 11.6 Å². The predicted molar refractivity (Wildman–Crippen MR) is 102 cm³/mol. The van der Waals surface area contributed by atoms with Crippen LogP contribution in [0.2, 0.25) is 5.02 Å². The molecule has 0 bridgehead atoms. The molecule has 6 nitrogen and oxygen atoms in total. The average Bonchev–Trinajstić information content (AvgIpc) is 2.68. The summed E-state index contributed by atoms with van der Waals surface area (Å²) in [4.78, 5) is 26.2. The van der Waals surface area contributed by atoms with Crippen molar-refractivity contribution < 1.29 is 22.9 Å². The molecule has 3 rings (SSSR count). The molecule has 0 aliphatic carbocycles. The number of carbonyl (C=O) groups is 1. The van der Waals surface area contributed by atoms with Gasteiger partial charge < -0.3 is 9.80 Å². The van der Waals surface area contributed by atoms with Crippen molar-refractivity contribution in [2.45, 2.75) is 12.6 Å². The Morgan fingerprint density at radius 3 is 2.24 bits per heavy atom. The Morgan fingerprint density at radius 1 is 1.07 bits per heavy atom. The molecule has 0 saturated carbocycles. The van der Waals surface area contributed by atoms with Gasteiger partial charge in [-0.2, -0.15) is 13.2 Å². The van der Waals surface area contributed by atoms with E-state index in [0.29, 0.717) is 37.3 Å². The first kappa shape index (κ1) is 20.9. The highest BCUT2D eigenvalue weighted by atomic mass is 35.5. The van der Waals surface area contributed by atoms with Gasteiger partial charge in [-0.05, 0) is 29.8 Å². The number of nitro benzene ring substituents is 1. The zero-order valence-corrected chi connectivity index (χ0v) is 15.9. The Bertz CT molecular complexity index is 911. The van der Waals surface area contributed by atoms with Gasteiger partial charge in [0.15, 0.2) is 0 Å². The molecular weight excluding hydrogens is 411 g/mol. The predicted octanol–water partition coefficient (Wildman–Crippen LogP) is 4.16. The smallest absolute Gasteiger partial charge is 0.362 e. The first-order valence-corrected chi connectivity index (χ1v) is 9.16. The molecule has 1 saturated heterocycles. The van der Waals surface area contributed by atoms with Crippen molar-refractivity contribution in [3.8, 4) is 0 Å². The minimum absolute atomic E-state index is 0.0890. The average molecular weight is 428 g/mol. The standard InChI is InChI=1S/C19H17ClF3N3O3/c20-15-4-1-13(2-5-15)11-18(27)25-9-7-24(8-10-25)16-6-3-14(19(21,22)23)12-17(16)26(28)29/h1-6,12H,7-11H2. The van der Waals surface area contributed by atoms with E-state index in [9.17, 15) is 28.1 Å². The third-order valence-electron chi connectivity index (χ3n) is 4.74. The molecule has 1 fully saturated rings. The summed E-state index contributed by atoms with van der Waals surface area (Å²) in [6, 6.07) is 9.43. The maximum absolute atomic E-state index is 12.9. The lowest BCUT2D eigenvalue weighted by molar-refractivity contribution is -0.384. The van der Waals surface area contributed by atoms with Gasteiger partial charge in [-0.1, -0.05) is 23.7 Å². The summed E-state index contributed by atoms with van der Waals surface area (Å²) in [7, 11) is 0. The van der Waals surface area contributed by atoms with Gasteiger partial charge in [0.25, 0.3) is 5.69 Å². The van der Waals surface area contributed by atoms with Gasteiger partial charge in [0.2, 0.25) is 5.91 Å². The van der Waals surface area contributed by atoms with Crippen LogP contribution < -0.4 is 4.90 Å². The lowest BCUT2D eigenvalue weighted by Crippen LogP contribution is -2.49. The molecule has 2 aromatic rings. The van der Waals surface area contributed by atoms with E-state index in [1.165, 1.54) is 0 Å². The van der Waals surface area contributed by atoms with Gasteiger partial charge in [0.1, 0.15) is 5.69 Å². The van der Waals surface area contributed by atoms with Crippen LogP contribution in [0.5, 0.6) is 0 Å². The molecule has 154 valence electrons. The number of alkyl halides is 3. The molecule has 0 aromatic heterocycles. The van der Waals surface area contributed by atoms with Crippen LogP contribution in [0, 0.1) is 10.1 Å². The number of nitro groups is 1. The van der Waals surface area contributed by atoms with Crippen LogP contribution in [0.25, 0.3) is 0 Å². The summed E-state index contributed by atoms with van der Waals surface area (Å²) >= 11 is 5.83. The summed E-state index contributed by atoms with van der Waals surface area (Å²) in [5.74, 6) is -0.0890. The largest absolute Gasteiger partial charge is 0.416 e. The number of anilines is 1. The van der Waals surface area contributed by atoms with Gasteiger partial charge in [0, 0.05) is 37.3 Å². The number of rotatable bonds is 4. The van der Waals surface area contributed by atoms with E-state index in [1.54, 1.807) is 34.1 Å². The molecule has 1 aliphatic heterocycles. The van der Waals surface area contributed by atoms with Gasteiger partial charge in [-0.15, -0.1) is 0 Å². The van der Waals surface area contributed by atoms with Crippen LogP contribution in [0.1, 0.15) is 11.1 Å². The van der Waals surface area contributed by atoms with E-state index >= 15 is 0 Å². The molecule has 0 N–H and O–H groups in total. The molecule has 29 heavy (non-hydrogen) atoms. The lowest BCUT2D eigenvalue weighted by Gasteiger charge is -2.36. The van der Waals surface area contributed by atoms with Crippen LogP contribution >= 0.6 is 11.6 Å². The van der Waals surface area contributed by atoms with Crippen molar-refractivity contribution in [1.82, 2.24) is 4.90 Å². The summed E-state index contributed by atoms with van der Waals surface area (Å²) in [5, 5.41) is 11.9. The minimum Gasteiger partial charge on any atom is -0.362 e. The number of carbonyl (C=O) groups excluding carboxylic acids is 1. The van der Waals surface area contributed by atoms with Gasteiger partial charge in [-0.3, -0.25) is 14.9 Å². The van der Waals surface area contributed by atoms with Gasteiger partial charge in [-0.25, -0.2) is 0 Å². The maximum Gasteiger partial charge on any atom is 0.416 e. The number of amides is 1. The Kier molecular flexibility index (Phi) is 5.97. The molecule has 0 unspecified atom stereocenters. The van der Waals surface area contributed by atoms with Gasteiger partial charge >= 0.3 is 6.18 Å². The molecule has 0 radical (unpaired) electrons. The first-order chi connectivity index (χ1) is 13.6. The fraction of sp³-hybridized carbons (Fsp3) is 0.316. The quantitative estimate of drug-likeness (QED) is 0.543. The third-order valence-corrected chi connectivity index (χ3v) is 4.99. The second-order valence-electron chi connectivity index (χ2n) is 6.63. The molecule has 1 amide bonds. The molecule has 0 spiro atoms. The SMILES string of the molecule is O=C(Cc1ccc(Cl)cc1)N1CCN(c2ccc(C(F)(F)F)cc2[N+](=O)[O-])CC1. The highest BCUT2D eigenvalue weighted by molar-refractivity contribution is 6.30. The van der Waals surface area contributed by atoms with Gasteiger partial charge in [0.05, 0.1) is 16.9 Å². The number of hydrogen-bond donors (Lipinski definition) is 0. The monoisotopic (exact) mass is 427 g/mol. The van der Waals surface area contributed by atoms with E-state index < -0.39 is 22.4 Å². The van der Waals surface area contributed by atoms with E-state index in [0.717, 1.165) is 17.7 Å². The Hall–Kier alpha value is -2.81. The summed E-state index contributed by atoms with van der Waals surface area (Å²) in [5.41, 5.74) is -0.724. The molecule has 1 aliphatic rings. The van der Waals surface area contributed by atoms with Crippen molar-refractivity contribution in [1.29, 1.82) is 0 Å². The molecular formula is C19H17ClF3N3O3. The van der Waals surface area contributed by atoms with Crippen molar-refractivity contribution in [3.63, 3.8) is 0 Å². The van der Waals surface area contributed by atoms with Crippen LogP contribution in [-0.4, -0.2) is 41.9 Å². The zero-order valence-electron chi connectivity index (χ0n) is 15.2. The van der Waals surface area contributed by atoms with Crippen molar-refractivity contribution in [2.24, 2.45) is 0 Å².